The molecule has 0 saturated heterocycles. The number of nitrogens with zero attached hydrogens (tertiary/aromatic N) is 3. The van der Waals surface area contributed by atoms with Crippen LogP contribution in [0.25, 0.3) is 11.3 Å². The Morgan fingerprint density at radius 3 is 2.26 bits per heavy atom. The lowest BCUT2D eigenvalue weighted by atomic mass is 10.1. The van der Waals surface area contributed by atoms with Gasteiger partial charge in [0.1, 0.15) is 17.1 Å². The van der Waals surface area contributed by atoms with Crippen LogP contribution in [0.4, 0.5) is 5.82 Å². The summed E-state index contributed by atoms with van der Waals surface area (Å²) in [6.07, 6.45) is 0. The minimum absolute atomic E-state index is 0.00385. The zero-order chi connectivity index (χ0) is 27.6. The van der Waals surface area contributed by atoms with Crippen LogP contribution in [0.2, 0.25) is 0 Å². The van der Waals surface area contributed by atoms with Gasteiger partial charge in [-0.15, -0.1) is 0 Å². The van der Waals surface area contributed by atoms with Crippen molar-refractivity contribution in [2.24, 2.45) is 0 Å². The minimum Gasteiger partial charge on any atom is -0.481 e. The van der Waals surface area contributed by atoms with Crippen molar-refractivity contribution >= 4 is 21.7 Å². The van der Waals surface area contributed by atoms with E-state index >= 15 is 0 Å². The lowest BCUT2D eigenvalue weighted by Crippen LogP contribution is -2.31. The standard InChI is InChI=1S/C27H27N5O5S/c1-15-13-16(2)25(17(3)14-15)37-27-20(26(33)32-38(34,35)24-8-6-7-22(28)31-24)9-11-21(30-27)19-10-12-23(36-5)29-18(19)4/h6-14H,1-5H3,(H2,28,31)(H,32,33). The van der Waals surface area contributed by atoms with Crippen LogP contribution in [0.15, 0.2) is 59.6 Å². The molecule has 0 bridgehead atoms. The van der Waals surface area contributed by atoms with E-state index in [1.807, 2.05) is 37.6 Å². The Morgan fingerprint density at radius 2 is 1.63 bits per heavy atom. The summed E-state index contributed by atoms with van der Waals surface area (Å²) in [7, 11) is -2.79. The molecular formula is C27H27N5O5S. The molecule has 3 aromatic heterocycles. The normalized spacial score (nSPS) is 11.2. The Balaban J connectivity index is 1.80. The van der Waals surface area contributed by atoms with Crippen LogP contribution in [0.1, 0.15) is 32.7 Å². The van der Waals surface area contributed by atoms with Gasteiger partial charge in [0.25, 0.3) is 15.9 Å². The van der Waals surface area contributed by atoms with E-state index in [2.05, 4.69) is 15.0 Å². The van der Waals surface area contributed by atoms with Crippen molar-refractivity contribution < 1.29 is 22.7 Å². The molecule has 0 fully saturated rings. The molecule has 10 nitrogen and oxygen atoms in total. The van der Waals surface area contributed by atoms with E-state index in [4.69, 9.17) is 15.2 Å². The summed E-state index contributed by atoms with van der Waals surface area (Å²) in [6.45, 7) is 7.54. The molecule has 11 heteroatoms. The molecule has 0 aliphatic rings. The van der Waals surface area contributed by atoms with Crippen molar-refractivity contribution in [3.05, 3.63) is 82.5 Å². The van der Waals surface area contributed by atoms with Crippen LogP contribution in [-0.2, 0) is 10.0 Å². The van der Waals surface area contributed by atoms with Gasteiger partial charge in [0, 0.05) is 11.6 Å². The first-order valence-corrected chi connectivity index (χ1v) is 13.0. The van der Waals surface area contributed by atoms with E-state index in [0.29, 0.717) is 28.6 Å². The SMILES string of the molecule is COc1ccc(-c2ccc(C(=O)NS(=O)(=O)c3cccc(N)n3)c(Oc3c(C)cc(C)cc3C)n2)c(C)n1. The molecular weight excluding hydrogens is 506 g/mol. The van der Waals surface area contributed by atoms with Crippen molar-refractivity contribution in [1.29, 1.82) is 0 Å². The first-order chi connectivity index (χ1) is 18.0. The van der Waals surface area contributed by atoms with E-state index in [1.54, 1.807) is 25.1 Å². The number of pyridine rings is 3. The number of nitrogens with two attached hydrogens (primary N) is 1. The smallest absolute Gasteiger partial charge is 0.281 e. The second kappa shape index (κ2) is 10.5. The summed E-state index contributed by atoms with van der Waals surface area (Å²) in [5, 5.41) is -0.386. The molecule has 0 spiro atoms. The van der Waals surface area contributed by atoms with E-state index in [-0.39, 0.29) is 22.3 Å². The number of anilines is 1. The number of rotatable bonds is 7. The summed E-state index contributed by atoms with van der Waals surface area (Å²) in [5.74, 6) is -0.0374. The van der Waals surface area contributed by atoms with Crippen LogP contribution in [-0.4, -0.2) is 36.4 Å². The molecule has 38 heavy (non-hydrogen) atoms. The number of methoxy groups -OCH3 is 1. The van der Waals surface area contributed by atoms with Gasteiger partial charge < -0.3 is 15.2 Å². The maximum absolute atomic E-state index is 13.3. The highest BCUT2D eigenvalue weighted by molar-refractivity contribution is 7.90. The number of benzene rings is 1. The van der Waals surface area contributed by atoms with Gasteiger partial charge >= 0.3 is 0 Å². The lowest BCUT2D eigenvalue weighted by Gasteiger charge is -2.16. The third kappa shape index (κ3) is 5.57. The molecule has 3 heterocycles. The second-order valence-corrected chi connectivity index (χ2v) is 10.3. The average Bonchev–Trinajstić information content (AvgIpc) is 2.85. The fourth-order valence-corrected chi connectivity index (χ4v) is 4.94. The maximum atomic E-state index is 13.3. The van der Waals surface area contributed by atoms with Gasteiger partial charge in [0.15, 0.2) is 5.03 Å². The van der Waals surface area contributed by atoms with Gasteiger partial charge in [-0.05, 0) is 69.2 Å². The number of hydrogen-bond donors (Lipinski definition) is 2. The highest BCUT2D eigenvalue weighted by atomic mass is 32.2. The Morgan fingerprint density at radius 1 is 0.921 bits per heavy atom. The van der Waals surface area contributed by atoms with Gasteiger partial charge in [0.2, 0.25) is 11.8 Å². The van der Waals surface area contributed by atoms with E-state index in [9.17, 15) is 13.2 Å². The van der Waals surface area contributed by atoms with Crippen molar-refractivity contribution in [1.82, 2.24) is 19.7 Å². The molecule has 0 aliphatic heterocycles. The molecule has 4 aromatic rings. The van der Waals surface area contributed by atoms with Gasteiger partial charge in [-0.3, -0.25) is 4.79 Å². The first-order valence-electron chi connectivity index (χ1n) is 11.6. The van der Waals surface area contributed by atoms with Crippen molar-refractivity contribution in [2.45, 2.75) is 32.7 Å². The molecule has 0 unspecified atom stereocenters. The first kappa shape index (κ1) is 26.6. The third-order valence-corrected chi connectivity index (χ3v) is 6.93. The Kier molecular flexibility index (Phi) is 7.31. The third-order valence-electron chi connectivity index (χ3n) is 5.70. The topological polar surface area (TPSA) is 146 Å². The van der Waals surface area contributed by atoms with E-state index < -0.39 is 15.9 Å². The number of nitrogen functional groups attached to an aromatic ring is 1. The Labute approximate surface area is 220 Å². The molecule has 0 aliphatic carbocycles. The number of carbonyl (C=O) groups excluding carboxylic acids is 1. The number of amides is 1. The molecule has 196 valence electrons. The molecule has 0 atom stereocenters. The van der Waals surface area contributed by atoms with Crippen LogP contribution in [0.3, 0.4) is 0 Å². The molecule has 1 aromatic carbocycles. The predicted octanol–water partition coefficient (Wildman–Crippen LogP) is 4.27. The fraction of sp³-hybridized carbons (Fsp3) is 0.185. The molecule has 0 saturated carbocycles. The fourth-order valence-electron chi connectivity index (χ4n) is 4.00. The Hall–Kier alpha value is -4.51. The monoisotopic (exact) mass is 533 g/mol. The number of aromatic nitrogens is 3. The summed E-state index contributed by atoms with van der Waals surface area (Å²) < 4.78 is 39.1. The summed E-state index contributed by atoms with van der Waals surface area (Å²) in [5.41, 5.74) is 10.1. The van der Waals surface area contributed by atoms with E-state index in [0.717, 1.165) is 16.7 Å². The zero-order valence-corrected chi connectivity index (χ0v) is 22.4. The van der Waals surface area contributed by atoms with Gasteiger partial charge in [-0.2, -0.15) is 8.42 Å². The van der Waals surface area contributed by atoms with Crippen molar-refractivity contribution in [2.75, 3.05) is 12.8 Å². The van der Waals surface area contributed by atoms with Crippen molar-refractivity contribution in [3.63, 3.8) is 0 Å². The predicted molar refractivity (Wildman–Crippen MR) is 143 cm³/mol. The zero-order valence-electron chi connectivity index (χ0n) is 21.6. The van der Waals surface area contributed by atoms with E-state index in [1.165, 1.54) is 31.4 Å². The summed E-state index contributed by atoms with van der Waals surface area (Å²) in [4.78, 5) is 26.0. The number of carbonyl (C=O) groups is 1. The summed E-state index contributed by atoms with van der Waals surface area (Å²) >= 11 is 0. The summed E-state index contributed by atoms with van der Waals surface area (Å²) in [6, 6.07) is 14.5. The highest BCUT2D eigenvalue weighted by Gasteiger charge is 2.25. The second-order valence-electron chi connectivity index (χ2n) is 8.70. The van der Waals surface area contributed by atoms with Crippen LogP contribution < -0.4 is 19.9 Å². The van der Waals surface area contributed by atoms with Gasteiger partial charge in [-0.25, -0.2) is 19.7 Å². The molecule has 4 rings (SSSR count). The average molecular weight is 534 g/mol. The number of ether oxygens (including phenoxy) is 2. The molecule has 0 radical (unpaired) electrons. The Bertz CT molecular complexity index is 1630. The number of nitrogens with one attached hydrogen (secondary N) is 1. The lowest BCUT2D eigenvalue weighted by molar-refractivity contribution is 0.0978. The maximum Gasteiger partial charge on any atom is 0.281 e. The number of aryl methyl sites for hydroxylation is 4. The molecule has 1 amide bonds. The van der Waals surface area contributed by atoms with Gasteiger partial charge in [-0.1, -0.05) is 23.8 Å². The quantitative estimate of drug-likeness (QED) is 0.355. The number of sulfonamides is 1. The van der Waals surface area contributed by atoms with Crippen LogP contribution in [0, 0.1) is 27.7 Å². The van der Waals surface area contributed by atoms with Crippen LogP contribution in [0.5, 0.6) is 17.5 Å². The number of hydrogen-bond acceptors (Lipinski definition) is 9. The largest absolute Gasteiger partial charge is 0.481 e. The minimum atomic E-state index is -4.32. The molecule has 3 N–H and O–H groups in total. The highest BCUT2D eigenvalue weighted by Crippen LogP contribution is 2.33. The van der Waals surface area contributed by atoms with Crippen molar-refractivity contribution in [3.8, 4) is 28.8 Å². The van der Waals surface area contributed by atoms with Gasteiger partial charge in [0.05, 0.1) is 18.5 Å². The van der Waals surface area contributed by atoms with Crippen LogP contribution >= 0.6 is 0 Å².